The van der Waals surface area contributed by atoms with Crippen LogP contribution in [0.25, 0.3) is 0 Å². The Morgan fingerprint density at radius 3 is 2.50 bits per heavy atom. The summed E-state index contributed by atoms with van der Waals surface area (Å²) in [5, 5.41) is 0. The summed E-state index contributed by atoms with van der Waals surface area (Å²) in [6.45, 7) is 2.18. The molecule has 1 fully saturated rings. The number of ether oxygens (including phenoxy) is 2. The Morgan fingerprint density at radius 1 is 1.75 bits per heavy atom. The Balaban J connectivity index is 0.000000490. The molecule has 4 heteroatoms. The average molecular weight is 346 g/mol. The van der Waals surface area contributed by atoms with Crippen LogP contribution in [0.3, 0.4) is 0 Å². The van der Waals surface area contributed by atoms with Crippen LogP contribution in [0.2, 0.25) is 0 Å². The van der Waals surface area contributed by atoms with Gasteiger partial charge in [-0.2, -0.15) is 0 Å². The van der Waals surface area contributed by atoms with Crippen molar-refractivity contribution < 1.29 is 43.4 Å². The molecule has 8 heavy (non-hydrogen) atoms. The van der Waals surface area contributed by atoms with Crippen molar-refractivity contribution in [3.8, 4) is 0 Å². The summed E-state index contributed by atoms with van der Waals surface area (Å²) < 4.78 is 8.90. The molecule has 0 aromatic carbocycles. The van der Waals surface area contributed by atoms with E-state index in [9.17, 15) is 4.79 Å². The second-order valence-corrected chi connectivity index (χ2v) is 1.49. The van der Waals surface area contributed by atoms with Crippen LogP contribution in [0.15, 0.2) is 0 Å². The molecule has 0 aliphatic carbocycles. The molecule has 3 nitrogen and oxygen atoms in total. The Kier molecular flexibility index (Phi) is 3.42. The molecule has 1 aliphatic rings. The van der Waals surface area contributed by atoms with Crippen molar-refractivity contribution in [3.63, 3.8) is 0 Å². The van der Waals surface area contributed by atoms with E-state index in [2.05, 4.69) is 9.47 Å². The van der Waals surface area contributed by atoms with Gasteiger partial charge in [-0.25, -0.2) is 4.79 Å². The molecule has 0 radical (unpaired) electrons. The first-order valence-corrected chi connectivity index (χ1v) is 2.12. The van der Waals surface area contributed by atoms with Crippen LogP contribution in [0.1, 0.15) is 6.92 Å². The molecule has 46 valence electrons. The van der Waals surface area contributed by atoms with Gasteiger partial charge in [0.2, 0.25) is 0 Å². The van der Waals surface area contributed by atoms with Crippen molar-refractivity contribution in [1.29, 1.82) is 0 Å². The maximum Gasteiger partial charge on any atom is 0.508 e. The molecule has 0 amide bonds. The first-order valence-electron chi connectivity index (χ1n) is 2.12. The number of hydrogen-bond acceptors (Lipinski definition) is 3. The van der Waals surface area contributed by atoms with Gasteiger partial charge in [0.15, 0.2) is 0 Å². The fourth-order valence-electron chi connectivity index (χ4n) is 0.418. The maximum absolute atomic E-state index is 10.0. The summed E-state index contributed by atoms with van der Waals surface area (Å²) in [5.41, 5.74) is 0. The van der Waals surface area contributed by atoms with Gasteiger partial charge in [-0.1, -0.05) is 0 Å². The first-order chi connectivity index (χ1) is 3.29. The number of hydrogen-bond donors (Lipinski definition) is 0. The third-order valence-corrected chi connectivity index (χ3v) is 0.733. The van der Waals surface area contributed by atoms with Crippen LogP contribution < -0.4 is 0 Å². The molecule has 0 bridgehead atoms. The molecular formula is C4H6O3Pu. The summed E-state index contributed by atoms with van der Waals surface area (Å²) in [6, 6.07) is 0. The predicted molar refractivity (Wildman–Crippen MR) is 21.9 cm³/mol. The molecule has 1 saturated heterocycles. The summed E-state index contributed by atoms with van der Waals surface area (Å²) in [5.74, 6) is 0. The topological polar surface area (TPSA) is 35.5 Å². The smallest absolute Gasteiger partial charge is 0.430 e. The zero-order valence-corrected chi connectivity index (χ0v) is 7.82. The van der Waals surface area contributed by atoms with Crippen LogP contribution in [0.4, 0.5) is 4.79 Å². The van der Waals surface area contributed by atoms with Crippen LogP contribution in [0.5, 0.6) is 0 Å². The van der Waals surface area contributed by atoms with E-state index in [-0.39, 0.29) is 35.3 Å². The number of cyclic esters (lactones) is 2. The van der Waals surface area contributed by atoms with E-state index >= 15 is 0 Å². The number of carbonyl (C=O) groups excluding carboxylic acids is 1. The van der Waals surface area contributed by atoms with E-state index in [4.69, 9.17) is 0 Å². The molecule has 1 atom stereocenters. The Bertz CT molecular complexity index is 93.3. The molecule has 0 N–H and O–H groups in total. The van der Waals surface area contributed by atoms with Gasteiger partial charge >= 0.3 is 6.16 Å². The van der Waals surface area contributed by atoms with Gasteiger partial charge in [-0.05, 0) is 6.92 Å². The predicted octanol–water partition coefficient (Wildman–Crippen LogP) is 0.542. The van der Waals surface area contributed by atoms with Crippen LogP contribution >= 0.6 is 0 Å². The van der Waals surface area contributed by atoms with Crippen LogP contribution in [-0.2, 0) is 9.47 Å². The molecular weight excluding hydrogens is 340 g/mol. The summed E-state index contributed by atoms with van der Waals surface area (Å²) in [4.78, 5) is 10.0. The second-order valence-electron chi connectivity index (χ2n) is 1.49. The van der Waals surface area contributed by atoms with Crippen molar-refractivity contribution in [2.24, 2.45) is 0 Å². The minimum atomic E-state index is -0.549. The minimum Gasteiger partial charge on any atom is -0.430 e. The second kappa shape index (κ2) is 3.32. The monoisotopic (exact) mass is 340 g/mol. The Morgan fingerprint density at radius 2 is 2.38 bits per heavy atom. The molecule has 0 aromatic heterocycles. The molecule has 1 rings (SSSR count). The van der Waals surface area contributed by atoms with E-state index in [1.807, 2.05) is 0 Å². The first kappa shape index (κ1) is 8.26. The van der Waals surface area contributed by atoms with E-state index in [0.29, 0.717) is 6.61 Å². The van der Waals surface area contributed by atoms with E-state index < -0.39 is 6.16 Å². The largest absolute Gasteiger partial charge is 0.508 e. The average Bonchev–Trinajstić information content (AvgIpc) is 1.87. The van der Waals surface area contributed by atoms with E-state index in [1.165, 1.54) is 0 Å². The molecule has 0 spiro atoms. The van der Waals surface area contributed by atoms with Gasteiger partial charge in [0.1, 0.15) is 12.7 Å². The molecule has 0 aromatic rings. The van der Waals surface area contributed by atoms with E-state index in [1.54, 1.807) is 6.92 Å². The van der Waals surface area contributed by atoms with Gasteiger partial charge in [0.05, 0.1) is 0 Å². The van der Waals surface area contributed by atoms with Crippen LogP contribution in [0, 0.1) is 29.2 Å². The fraction of sp³-hybridized carbons (Fsp3) is 0.750. The fourth-order valence-corrected chi connectivity index (χ4v) is 0.418. The molecule has 1 aliphatic heterocycles. The summed E-state index contributed by atoms with van der Waals surface area (Å²) in [6.07, 6.45) is -0.597. The Hall–Kier alpha value is 0.257. The normalized spacial score (nSPS) is 25.6. The standard InChI is InChI=1S/C4H6O3.Pu/c1-3-2-6-4(5)7-3;/h3H,2H2,1H3;. The third kappa shape index (κ3) is 2.02. The van der Waals surface area contributed by atoms with Crippen molar-refractivity contribution in [1.82, 2.24) is 0 Å². The quantitative estimate of drug-likeness (QED) is 0.601. The molecule has 0 saturated carbocycles. The third-order valence-electron chi connectivity index (χ3n) is 0.733. The van der Waals surface area contributed by atoms with E-state index in [0.717, 1.165) is 0 Å². The van der Waals surface area contributed by atoms with Gasteiger partial charge in [-0.15, -0.1) is 0 Å². The zero-order valence-electron chi connectivity index (χ0n) is 4.42. The maximum atomic E-state index is 10.0. The van der Waals surface area contributed by atoms with Crippen molar-refractivity contribution in [2.75, 3.05) is 6.61 Å². The Labute approximate surface area is 69.3 Å². The number of rotatable bonds is 0. The summed E-state index contributed by atoms with van der Waals surface area (Å²) in [7, 11) is 0. The van der Waals surface area contributed by atoms with Crippen LogP contribution in [-0.4, -0.2) is 18.9 Å². The summed E-state index contributed by atoms with van der Waals surface area (Å²) >= 11 is 0. The SMILES string of the molecule is CC1COC(=O)O1.[Pu]. The van der Waals surface area contributed by atoms with Crippen molar-refractivity contribution in [3.05, 3.63) is 0 Å². The zero-order chi connectivity index (χ0) is 5.28. The van der Waals surface area contributed by atoms with Gasteiger partial charge < -0.3 is 9.47 Å². The van der Waals surface area contributed by atoms with Gasteiger partial charge in [-0.3, -0.25) is 0 Å². The van der Waals surface area contributed by atoms with Crippen molar-refractivity contribution in [2.45, 2.75) is 13.0 Å². The minimum absolute atomic E-state index is 0. The van der Waals surface area contributed by atoms with Gasteiger partial charge in [0, 0.05) is 29.2 Å². The molecule has 1 heterocycles. The molecule has 1 unspecified atom stereocenters. The number of carbonyl (C=O) groups is 1. The van der Waals surface area contributed by atoms with Crippen molar-refractivity contribution >= 4 is 6.16 Å². The van der Waals surface area contributed by atoms with Gasteiger partial charge in [0.25, 0.3) is 0 Å².